The zero-order chi connectivity index (χ0) is 11.7. The number of fused-ring (bicyclic) bond motifs is 1. The second-order valence-corrected chi connectivity index (χ2v) is 5.50. The summed E-state index contributed by atoms with van der Waals surface area (Å²) in [5, 5.41) is 3.40. The number of rotatable bonds is 2. The molecule has 2 heterocycles. The van der Waals surface area contributed by atoms with Crippen LogP contribution in [0.5, 0.6) is 11.5 Å². The summed E-state index contributed by atoms with van der Waals surface area (Å²) >= 11 is 3.63. The Labute approximate surface area is 110 Å². The highest BCUT2D eigenvalue weighted by Gasteiger charge is 2.19. The maximum atomic E-state index is 5.62. The van der Waals surface area contributed by atoms with Crippen molar-refractivity contribution in [1.29, 1.82) is 0 Å². The fourth-order valence-electron chi connectivity index (χ4n) is 2.46. The topological polar surface area (TPSA) is 30.5 Å². The lowest BCUT2D eigenvalue weighted by molar-refractivity contribution is 0.171. The third-order valence-corrected chi connectivity index (χ3v) is 4.12. The van der Waals surface area contributed by atoms with Crippen molar-refractivity contribution >= 4 is 15.9 Å². The summed E-state index contributed by atoms with van der Waals surface area (Å²) in [4.78, 5) is 0. The number of hydrogen-bond donors (Lipinski definition) is 1. The van der Waals surface area contributed by atoms with Crippen LogP contribution in [-0.2, 0) is 6.42 Å². The summed E-state index contributed by atoms with van der Waals surface area (Å²) in [6.07, 6.45) is 2.37. The van der Waals surface area contributed by atoms with Gasteiger partial charge < -0.3 is 14.8 Å². The fourth-order valence-corrected chi connectivity index (χ4v) is 2.95. The van der Waals surface area contributed by atoms with Gasteiger partial charge in [0.1, 0.15) is 13.2 Å². The predicted molar refractivity (Wildman–Crippen MR) is 69.8 cm³/mol. The van der Waals surface area contributed by atoms with Gasteiger partial charge >= 0.3 is 0 Å². The van der Waals surface area contributed by atoms with Crippen LogP contribution in [0.2, 0.25) is 0 Å². The smallest absolute Gasteiger partial charge is 0.162 e. The Balaban J connectivity index is 1.83. The Morgan fingerprint density at radius 1 is 1.24 bits per heavy atom. The van der Waals surface area contributed by atoms with E-state index in [9.17, 15) is 0 Å². The molecule has 1 unspecified atom stereocenters. The van der Waals surface area contributed by atoms with Gasteiger partial charge in [0.05, 0.1) is 0 Å². The molecule has 1 aromatic rings. The number of hydrogen-bond acceptors (Lipinski definition) is 3. The Morgan fingerprint density at radius 2 is 2.00 bits per heavy atom. The molecule has 17 heavy (non-hydrogen) atoms. The SMILES string of the molecule is Brc1cc2c(cc1CC1CCNC1)OCCO2. The highest BCUT2D eigenvalue weighted by atomic mass is 79.9. The van der Waals surface area contributed by atoms with Crippen LogP contribution in [0.4, 0.5) is 0 Å². The van der Waals surface area contributed by atoms with Crippen LogP contribution >= 0.6 is 15.9 Å². The molecule has 0 radical (unpaired) electrons. The molecule has 0 amide bonds. The van der Waals surface area contributed by atoms with E-state index in [0.717, 1.165) is 41.4 Å². The molecule has 0 saturated carbocycles. The van der Waals surface area contributed by atoms with Gasteiger partial charge in [-0.3, -0.25) is 0 Å². The van der Waals surface area contributed by atoms with Gasteiger partial charge in [-0.25, -0.2) is 0 Å². The number of halogens is 1. The largest absolute Gasteiger partial charge is 0.486 e. The van der Waals surface area contributed by atoms with Crippen molar-refractivity contribution in [3.63, 3.8) is 0 Å². The molecule has 0 aliphatic carbocycles. The highest BCUT2D eigenvalue weighted by Crippen LogP contribution is 2.36. The lowest BCUT2D eigenvalue weighted by Crippen LogP contribution is -2.16. The maximum absolute atomic E-state index is 5.62. The fraction of sp³-hybridized carbons (Fsp3) is 0.538. The van der Waals surface area contributed by atoms with Crippen LogP contribution in [0.15, 0.2) is 16.6 Å². The van der Waals surface area contributed by atoms with E-state index >= 15 is 0 Å². The van der Waals surface area contributed by atoms with Crippen LogP contribution in [-0.4, -0.2) is 26.3 Å². The van der Waals surface area contributed by atoms with Gasteiger partial charge in [0.2, 0.25) is 0 Å². The minimum absolute atomic E-state index is 0.644. The first-order valence-electron chi connectivity index (χ1n) is 6.11. The predicted octanol–water partition coefficient (Wildman–Crippen LogP) is 2.37. The van der Waals surface area contributed by atoms with Gasteiger partial charge in [0.25, 0.3) is 0 Å². The van der Waals surface area contributed by atoms with Crippen molar-refractivity contribution in [1.82, 2.24) is 5.32 Å². The van der Waals surface area contributed by atoms with Crippen molar-refractivity contribution in [3.05, 3.63) is 22.2 Å². The zero-order valence-corrected chi connectivity index (χ0v) is 11.3. The van der Waals surface area contributed by atoms with E-state index in [-0.39, 0.29) is 0 Å². The molecule has 92 valence electrons. The van der Waals surface area contributed by atoms with Gasteiger partial charge in [0.15, 0.2) is 11.5 Å². The lowest BCUT2D eigenvalue weighted by atomic mass is 9.98. The monoisotopic (exact) mass is 297 g/mol. The molecule has 3 nitrogen and oxygen atoms in total. The lowest BCUT2D eigenvalue weighted by Gasteiger charge is -2.20. The van der Waals surface area contributed by atoms with E-state index < -0.39 is 0 Å². The Kier molecular flexibility index (Phi) is 3.25. The molecule has 2 aliphatic heterocycles. The molecule has 2 aliphatic rings. The summed E-state index contributed by atoms with van der Waals surface area (Å²) in [6, 6.07) is 4.16. The third kappa shape index (κ3) is 2.43. The summed E-state index contributed by atoms with van der Waals surface area (Å²) < 4.78 is 12.3. The molecule has 1 aromatic carbocycles. The maximum Gasteiger partial charge on any atom is 0.162 e. The van der Waals surface area contributed by atoms with Gasteiger partial charge in [-0.2, -0.15) is 0 Å². The van der Waals surface area contributed by atoms with Crippen LogP contribution in [0.1, 0.15) is 12.0 Å². The first-order chi connectivity index (χ1) is 8.33. The summed E-state index contributed by atoms with van der Waals surface area (Å²) in [6.45, 7) is 3.57. The van der Waals surface area contributed by atoms with E-state index in [2.05, 4.69) is 27.3 Å². The number of ether oxygens (including phenoxy) is 2. The van der Waals surface area contributed by atoms with Crippen molar-refractivity contribution in [2.75, 3.05) is 26.3 Å². The average Bonchev–Trinajstić information content (AvgIpc) is 2.83. The minimum atomic E-state index is 0.644. The van der Waals surface area contributed by atoms with Crippen LogP contribution in [0.3, 0.4) is 0 Å². The van der Waals surface area contributed by atoms with E-state index in [1.807, 2.05) is 6.07 Å². The van der Waals surface area contributed by atoms with E-state index in [1.54, 1.807) is 0 Å². The molecule has 3 rings (SSSR count). The minimum Gasteiger partial charge on any atom is -0.486 e. The average molecular weight is 298 g/mol. The van der Waals surface area contributed by atoms with E-state index in [0.29, 0.717) is 13.2 Å². The number of benzene rings is 1. The molecule has 1 saturated heterocycles. The van der Waals surface area contributed by atoms with Gasteiger partial charge in [-0.15, -0.1) is 0 Å². The molecule has 4 heteroatoms. The molecular weight excluding hydrogens is 282 g/mol. The Bertz CT molecular complexity index is 416. The van der Waals surface area contributed by atoms with Crippen LogP contribution < -0.4 is 14.8 Å². The van der Waals surface area contributed by atoms with Crippen molar-refractivity contribution < 1.29 is 9.47 Å². The highest BCUT2D eigenvalue weighted by molar-refractivity contribution is 9.10. The van der Waals surface area contributed by atoms with Crippen LogP contribution in [0.25, 0.3) is 0 Å². The van der Waals surface area contributed by atoms with Crippen molar-refractivity contribution in [3.8, 4) is 11.5 Å². The van der Waals surface area contributed by atoms with Gasteiger partial charge in [-0.05, 0) is 49.5 Å². The molecule has 1 fully saturated rings. The van der Waals surface area contributed by atoms with Crippen molar-refractivity contribution in [2.45, 2.75) is 12.8 Å². The van der Waals surface area contributed by atoms with Crippen LogP contribution in [0, 0.1) is 5.92 Å². The quantitative estimate of drug-likeness (QED) is 0.909. The summed E-state index contributed by atoms with van der Waals surface area (Å²) in [5.41, 5.74) is 1.32. The Hall–Kier alpha value is -0.740. The molecule has 0 spiro atoms. The molecule has 1 atom stereocenters. The molecule has 1 N–H and O–H groups in total. The first-order valence-corrected chi connectivity index (χ1v) is 6.91. The zero-order valence-electron chi connectivity index (χ0n) is 9.67. The second kappa shape index (κ2) is 4.86. The Morgan fingerprint density at radius 3 is 2.71 bits per heavy atom. The first kappa shape index (κ1) is 11.4. The molecule has 0 aromatic heterocycles. The van der Waals surface area contributed by atoms with Crippen molar-refractivity contribution in [2.24, 2.45) is 5.92 Å². The third-order valence-electron chi connectivity index (χ3n) is 3.38. The second-order valence-electron chi connectivity index (χ2n) is 4.65. The normalized spacial score (nSPS) is 22.8. The standard InChI is InChI=1S/C13H16BrNO2/c14-11-7-13-12(16-3-4-17-13)6-10(11)5-9-1-2-15-8-9/h6-7,9,15H,1-5,8H2. The van der Waals surface area contributed by atoms with Gasteiger partial charge in [-0.1, -0.05) is 15.9 Å². The van der Waals surface area contributed by atoms with Gasteiger partial charge in [0, 0.05) is 4.47 Å². The van der Waals surface area contributed by atoms with E-state index in [4.69, 9.17) is 9.47 Å². The molecule has 0 bridgehead atoms. The molecular formula is C13H16BrNO2. The van der Waals surface area contributed by atoms with E-state index in [1.165, 1.54) is 12.0 Å². The number of nitrogens with one attached hydrogen (secondary N) is 1. The summed E-state index contributed by atoms with van der Waals surface area (Å²) in [5.74, 6) is 2.49. The summed E-state index contributed by atoms with van der Waals surface area (Å²) in [7, 11) is 0.